The minimum atomic E-state index is 0. The molecule has 0 bridgehead atoms. The molecule has 1 aromatic rings. The van der Waals surface area contributed by atoms with Gasteiger partial charge in [0.2, 0.25) is 0 Å². The second-order valence-corrected chi connectivity index (χ2v) is 5.57. The van der Waals surface area contributed by atoms with Gasteiger partial charge < -0.3 is 15.4 Å². The van der Waals surface area contributed by atoms with Crippen LogP contribution in [0.3, 0.4) is 0 Å². The van der Waals surface area contributed by atoms with Crippen LogP contribution in [-0.4, -0.2) is 50.3 Å². The molecule has 6 heteroatoms. The van der Waals surface area contributed by atoms with Crippen LogP contribution in [0, 0.1) is 0 Å². The third-order valence-corrected chi connectivity index (χ3v) is 3.71. The normalized spacial score (nSPS) is 15.5. The first-order chi connectivity index (χ1) is 11.3. The van der Waals surface area contributed by atoms with Gasteiger partial charge in [-0.2, -0.15) is 0 Å². The van der Waals surface area contributed by atoms with Gasteiger partial charge in [0, 0.05) is 32.7 Å². The number of nitrogens with zero attached hydrogens (tertiary/aromatic N) is 2. The Bertz CT molecular complexity index is 498. The molecule has 1 saturated heterocycles. The largest absolute Gasteiger partial charge is 0.379 e. The fourth-order valence-electron chi connectivity index (χ4n) is 2.45. The van der Waals surface area contributed by atoms with E-state index < -0.39 is 0 Å². The van der Waals surface area contributed by atoms with E-state index in [0.29, 0.717) is 13.1 Å². The van der Waals surface area contributed by atoms with Gasteiger partial charge in [-0.25, -0.2) is 4.99 Å². The molecule has 0 radical (unpaired) electrons. The molecule has 0 aromatic heterocycles. The number of ether oxygens (including phenoxy) is 1. The van der Waals surface area contributed by atoms with Crippen LogP contribution < -0.4 is 10.6 Å². The summed E-state index contributed by atoms with van der Waals surface area (Å²) in [5.41, 5.74) is 2.56. The summed E-state index contributed by atoms with van der Waals surface area (Å²) < 4.78 is 5.38. The Morgan fingerprint density at radius 2 is 1.88 bits per heavy atom. The molecule has 0 spiro atoms. The molecular weight excluding hydrogens is 415 g/mol. The van der Waals surface area contributed by atoms with Gasteiger partial charge in [-0.1, -0.05) is 30.3 Å². The Morgan fingerprint density at radius 3 is 2.50 bits per heavy atom. The molecular formula is C18H29IN4O. The third-order valence-electron chi connectivity index (χ3n) is 3.71. The summed E-state index contributed by atoms with van der Waals surface area (Å²) in [5, 5.41) is 6.43. The highest BCUT2D eigenvalue weighted by Gasteiger charge is 2.10. The van der Waals surface area contributed by atoms with E-state index in [4.69, 9.17) is 4.74 Å². The molecule has 24 heavy (non-hydrogen) atoms. The van der Waals surface area contributed by atoms with Crippen molar-refractivity contribution in [1.82, 2.24) is 15.5 Å². The van der Waals surface area contributed by atoms with Crippen molar-refractivity contribution in [1.29, 1.82) is 0 Å². The molecule has 5 nitrogen and oxygen atoms in total. The van der Waals surface area contributed by atoms with Gasteiger partial charge in [-0.15, -0.1) is 30.6 Å². The quantitative estimate of drug-likeness (QED) is 0.294. The lowest BCUT2D eigenvalue weighted by molar-refractivity contribution is 0.0342. The minimum Gasteiger partial charge on any atom is -0.379 e. The fourth-order valence-corrected chi connectivity index (χ4v) is 2.45. The summed E-state index contributed by atoms with van der Waals surface area (Å²) in [5.74, 6) is 0.824. The molecule has 1 aliphatic rings. The van der Waals surface area contributed by atoms with Crippen molar-refractivity contribution in [2.75, 3.05) is 39.4 Å². The molecule has 134 valence electrons. The molecule has 1 aromatic carbocycles. The Balaban J connectivity index is 0.00000288. The molecule has 1 fully saturated rings. The number of benzene rings is 1. The predicted molar refractivity (Wildman–Crippen MR) is 111 cm³/mol. The van der Waals surface area contributed by atoms with Crippen molar-refractivity contribution in [3.8, 4) is 0 Å². The van der Waals surface area contributed by atoms with Crippen molar-refractivity contribution >= 4 is 29.9 Å². The highest BCUT2D eigenvalue weighted by Crippen LogP contribution is 2.10. The predicted octanol–water partition coefficient (Wildman–Crippen LogP) is 2.38. The van der Waals surface area contributed by atoms with Gasteiger partial charge in [0.25, 0.3) is 0 Å². The lowest BCUT2D eigenvalue weighted by Crippen LogP contribution is -2.37. The van der Waals surface area contributed by atoms with Gasteiger partial charge in [0.15, 0.2) is 5.96 Å². The van der Waals surface area contributed by atoms with Gasteiger partial charge in [-0.3, -0.25) is 4.90 Å². The molecule has 1 heterocycles. The second-order valence-electron chi connectivity index (χ2n) is 5.57. The summed E-state index contributed by atoms with van der Waals surface area (Å²) in [6.07, 6.45) is 1.83. The van der Waals surface area contributed by atoms with E-state index in [1.807, 2.05) is 6.08 Å². The maximum atomic E-state index is 5.38. The van der Waals surface area contributed by atoms with Crippen LogP contribution in [0.25, 0.3) is 0 Å². The van der Waals surface area contributed by atoms with E-state index in [9.17, 15) is 0 Å². The number of aliphatic imine (C=N–C) groups is 1. The summed E-state index contributed by atoms with van der Waals surface area (Å²) in [6.45, 7) is 12.7. The first kappa shape index (κ1) is 20.9. The minimum absolute atomic E-state index is 0. The highest BCUT2D eigenvalue weighted by molar-refractivity contribution is 14.0. The van der Waals surface area contributed by atoms with Crippen LogP contribution in [0.4, 0.5) is 0 Å². The number of rotatable bonds is 7. The number of hydrogen-bond donors (Lipinski definition) is 2. The lowest BCUT2D eigenvalue weighted by Gasteiger charge is -2.26. The van der Waals surface area contributed by atoms with E-state index >= 15 is 0 Å². The summed E-state index contributed by atoms with van der Waals surface area (Å²) in [7, 11) is 0. The van der Waals surface area contributed by atoms with E-state index in [1.165, 1.54) is 11.1 Å². The first-order valence-electron chi connectivity index (χ1n) is 8.33. The van der Waals surface area contributed by atoms with Crippen LogP contribution in [-0.2, 0) is 17.8 Å². The average molecular weight is 444 g/mol. The molecule has 0 amide bonds. The Labute approximate surface area is 162 Å². The smallest absolute Gasteiger partial charge is 0.191 e. The maximum absolute atomic E-state index is 5.38. The zero-order valence-electron chi connectivity index (χ0n) is 14.5. The van der Waals surface area contributed by atoms with Gasteiger partial charge in [0.1, 0.15) is 0 Å². The molecule has 1 aliphatic heterocycles. The van der Waals surface area contributed by atoms with Gasteiger partial charge in [-0.05, 0) is 18.1 Å². The van der Waals surface area contributed by atoms with Crippen LogP contribution in [0.2, 0.25) is 0 Å². The van der Waals surface area contributed by atoms with Crippen LogP contribution >= 0.6 is 24.0 Å². The van der Waals surface area contributed by atoms with E-state index in [1.54, 1.807) is 0 Å². The van der Waals surface area contributed by atoms with Crippen molar-refractivity contribution in [3.05, 3.63) is 48.0 Å². The van der Waals surface area contributed by atoms with Crippen molar-refractivity contribution in [2.45, 2.75) is 20.0 Å². The summed E-state index contributed by atoms with van der Waals surface area (Å²) in [6, 6.07) is 8.72. The summed E-state index contributed by atoms with van der Waals surface area (Å²) in [4.78, 5) is 7.02. The zero-order valence-corrected chi connectivity index (χ0v) is 16.8. The summed E-state index contributed by atoms with van der Waals surface area (Å²) >= 11 is 0. The fraction of sp³-hybridized carbons (Fsp3) is 0.500. The molecule has 0 unspecified atom stereocenters. The van der Waals surface area contributed by atoms with Crippen molar-refractivity contribution in [3.63, 3.8) is 0 Å². The van der Waals surface area contributed by atoms with E-state index in [0.717, 1.165) is 45.4 Å². The number of hydrogen-bond acceptors (Lipinski definition) is 3. The van der Waals surface area contributed by atoms with E-state index in [-0.39, 0.29) is 24.0 Å². The zero-order chi connectivity index (χ0) is 16.3. The van der Waals surface area contributed by atoms with Gasteiger partial charge in [0.05, 0.1) is 19.8 Å². The molecule has 0 saturated carbocycles. The Morgan fingerprint density at radius 1 is 1.21 bits per heavy atom. The van der Waals surface area contributed by atoms with Gasteiger partial charge >= 0.3 is 0 Å². The van der Waals surface area contributed by atoms with E-state index in [2.05, 4.69) is 58.3 Å². The number of halogens is 1. The Kier molecular flexibility index (Phi) is 10.7. The van der Waals surface area contributed by atoms with Crippen molar-refractivity contribution < 1.29 is 4.74 Å². The average Bonchev–Trinajstić information content (AvgIpc) is 2.59. The first-order valence-corrected chi connectivity index (χ1v) is 8.33. The molecule has 2 rings (SSSR count). The monoisotopic (exact) mass is 444 g/mol. The Hall–Kier alpha value is -1.12. The van der Waals surface area contributed by atoms with Crippen molar-refractivity contribution in [2.24, 2.45) is 4.99 Å². The van der Waals surface area contributed by atoms with Crippen LogP contribution in [0.5, 0.6) is 0 Å². The van der Waals surface area contributed by atoms with Crippen LogP contribution in [0.1, 0.15) is 18.1 Å². The number of nitrogens with one attached hydrogen (secondary N) is 2. The topological polar surface area (TPSA) is 48.9 Å². The molecule has 0 atom stereocenters. The highest BCUT2D eigenvalue weighted by atomic mass is 127. The lowest BCUT2D eigenvalue weighted by atomic mass is 10.1. The second kappa shape index (κ2) is 12.3. The molecule has 0 aliphatic carbocycles. The standard InChI is InChI=1S/C18H28N4O.HI/c1-3-9-20-18(19-4-2)21-14-16-5-7-17(8-6-16)15-22-10-12-23-13-11-22;/h3,5-8H,1,4,9-15H2,2H3,(H2,19,20,21);1H. The SMILES string of the molecule is C=CCNC(=NCc1ccc(CN2CCOCC2)cc1)NCC.I. The third kappa shape index (κ3) is 7.63. The number of guanidine groups is 1. The maximum Gasteiger partial charge on any atom is 0.191 e. The number of morpholine rings is 1. The van der Waals surface area contributed by atoms with Crippen LogP contribution in [0.15, 0.2) is 41.9 Å². The molecule has 2 N–H and O–H groups in total.